The van der Waals surface area contributed by atoms with Gasteiger partial charge >= 0.3 is 0 Å². The predicted molar refractivity (Wildman–Crippen MR) is 81.0 cm³/mol. The van der Waals surface area contributed by atoms with Gasteiger partial charge in [-0.1, -0.05) is 29.8 Å². The van der Waals surface area contributed by atoms with E-state index >= 15 is 0 Å². The van der Waals surface area contributed by atoms with E-state index in [0.717, 1.165) is 11.6 Å². The Bertz CT molecular complexity index is 748. The van der Waals surface area contributed by atoms with Gasteiger partial charge in [-0.05, 0) is 36.8 Å². The molecule has 21 heavy (non-hydrogen) atoms. The molecule has 0 spiro atoms. The fourth-order valence-electron chi connectivity index (χ4n) is 1.87. The molecule has 112 valence electrons. The lowest BCUT2D eigenvalue weighted by Gasteiger charge is -2.16. The molecule has 0 bridgehead atoms. The molecule has 0 aliphatic carbocycles. The summed E-state index contributed by atoms with van der Waals surface area (Å²) in [4.78, 5) is -0.275. The second-order valence-corrected chi connectivity index (χ2v) is 6.67. The van der Waals surface area contributed by atoms with Gasteiger partial charge in [-0.25, -0.2) is 17.5 Å². The number of hydrogen-bond donors (Lipinski definition) is 2. The Morgan fingerprint density at radius 1 is 1.19 bits per heavy atom. The minimum Gasteiger partial charge on any atom is -0.395 e. The molecule has 2 aromatic carbocycles. The summed E-state index contributed by atoms with van der Waals surface area (Å²) in [7, 11) is -3.92. The smallest absolute Gasteiger partial charge is 0.243 e. The molecule has 7 heteroatoms. The number of anilines is 1. The van der Waals surface area contributed by atoms with E-state index in [4.69, 9.17) is 17.3 Å². The Hall–Kier alpha value is -1.63. The zero-order valence-electron chi connectivity index (χ0n) is 11.2. The van der Waals surface area contributed by atoms with Gasteiger partial charge < -0.3 is 5.73 Å². The third-order valence-corrected chi connectivity index (χ3v) is 4.86. The first-order valence-electron chi connectivity index (χ1n) is 6.13. The maximum absolute atomic E-state index is 13.4. The summed E-state index contributed by atoms with van der Waals surface area (Å²) in [6.07, 6.45) is 0. The summed E-state index contributed by atoms with van der Waals surface area (Å²) in [6.45, 7) is 1.68. The molecule has 1 atom stereocenters. The number of nitrogens with two attached hydrogens (primary N) is 1. The van der Waals surface area contributed by atoms with E-state index < -0.39 is 27.6 Å². The quantitative estimate of drug-likeness (QED) is 0.847. The first-order chi connectivity index (χ1) is 9.81. The highest BCUT2D eigenvalue weighted by atomic mass is 35.5. The highest BCUT2D eigenvalue weighted by molar-refractivity contribution is 7.89. The standard InChI is InChI=1S/C14H14ClFN2O2S/c1-9(10-5-7-11(15)8-6-10)18-21(19,20)13-4-2-3-12(16)14(13)17/h2-9,18H,17H2,1H3. The third kappa shape index (κ3) is 3.53. The molecule has 0 amide bonds. The van der Waals surface area contributed by atoms with Gasteiger partial charge in [-0.3, -0.25) is 0 Å². The van der Waals surface area contributed by atoms with Gasteiger partial charge in [0.1, 0.15) is 10.7 Å². The molecule has 0 radical (unpaired) electrons. The van der Waals surface area contributed by atoms with E-state index in [2.05, 4.69) is 4.72 Å². The van der Waals surface area contributed by atoms with Crippen molar-refractivity contribution >= 4 is 27.3 Å². The molecule has 0 aliphatic rings. The van der Waals surface area contributed by atoms with Crippen LogP contribution in [0.25, 0.3) is 0 Å². The molecule has 0 aliphatic heterocycles. The van der Waals surface area contributed by atoms with Crippen molar-refractivity contribution in [1.82, 2.24) is 4.72 Å². The molecular weight excluding hydrogens is 315 g/mol. The molecule has 3 N–H and O–H groups in total. The van der Waals surface area contributed by atoms with Crippen LogP contribution in [0.5, 0.6) is 0 Å². The van der Waals surface area contributed by atoms with Crippen LogP contribution < -0.4 is 10.5 Å². The average Bonchev–Trinajstić information content (AvgIpc) is 2.41. The number of sulfonamides is 1. The van der Waals surface area contributed by atoms with Crippen molar-refractivity contribution in [1.29, 1.82) is 0 Å². The number of nitrogen functional groups attached to an aromatic ring is 1. The van der Waals surface area contributed by atoms with E-state index in [0.29, 0.717) is 5.02 Å². The lowest BCUT2D eigenvalue weighted by molar-refractivity contribution is 0.565. The van der Waals surface area contributed by atoms with Crippen LogP contribution in [0.2, 0.25) is 5.02 Å². The average molecular weight is 329 g/mol. The van der Waals surface area contributed by atoms with Crippen LogP contribution in [0.1, 0.15) is 18.5 Å². The van der Waals surface area contributed by atoms with Crippen LogP contribution in [0.4, 0.5) is 10.1 Å². The zero-order valence-corrected chi connectivity index (χ0v) is 12.7. The topological polar surface area (TPSA) is 72.2 Å². The normalized spacial score (nSPS) is 13.1. The lowest BCUT2D eigenvalue weighted by atomic mass is 10.1. The summed E-state index contributed by atoms with van der Waals surface area (Å²) in [5.74, 6) is -0.767. The van der Waals surface area contributed by atoms with Crippen molar-refractivity contribution in [2.45, 2.75) is 17.9 Å². The largest absolute Gasteiger partial charge is 0.395 e. The Morgan fingerprint density at radius 2 is 1.81 bits per heavy atom. The number of benzene rings is 2. The molecule has 0 saturated carbocycles. The van der Waals surface area contributed by atoms with Gasteiger partial charge in [-0.2, -0.15) is 0 Å². The third-order valence-electron chi connectivity index (χ3n) is 3.00. The van der Waals surface area contributed by atoms with Crippen molar-refractivity contribution in [3.63, 3.8) is 0 Å². The number of hydrogen-bond acceptors (Lipinski definition) is 3. The first-order valence-corrected chi connectivity index (χ1v) is 7.99. The molecule has 1 unspecified atom stereocenters. The fourth-order valence-corrected chi connectivity index (χ4v) is 3.37. The first kappa shape index (κ1) is 15.8. The molecule has 4 nitrogen and oxygen atoms in total. The van der Waals surface area contributed by atoms with Crippen LogP contribution in [0.3, 0.4) is 0 Å². The maximum Gasteiger partial charge on any atom is 0.243 e. The minimum atomic E-state index is -3.92. The van der Waals surface area contributed by atoms with Gasteiger partial charge in [-0.15, -0.1) is 0 Å². The minimum absolute atomic E-state index is 0.275. The summed E-state index contributed by atoms with van der Waals surface area (Å²) >= 11 is 5.79. The number of nitrogens with one attached hydrogen (secondary N) is 1. The molecule has 0 aromatic heterocycles. The lowest BCUT2D eigenvalue weighted by Crippen LogP contribution is -2.27. The number of para-hydroxylation sites is 1. The molecule has 0 heterocycles. The Labute approximate surface area is 127 Å². The molecule has 0 saturated heterocycles. The van der Waals surface area contributed by atoms with E-state index in [-0.39, 0.29) is 4.90 Å². The molecular formula is C14H14ClFN2O2S. The highest BCUT2D eigenvalue weighted by Crippen LogP contribution is 2.24. The van der Waals surface area contributed by atoms with Crippen molar-refractivity contribution in [2.24, 2.45) is 0 Å². The predicted octanol–water partition coefficient (Wildman–Crippen LogP) is 3.10. The van der Waals surface area contributed by atoms with Crippen LogP contribution >= 0.6 is 11.6 Å². The second-order valence-electron chi connectivity index (χ2n) is 4.55. The summed E-state index contributed by atoms with van der Waals surface area (Å²) < 4.78 is 40.4. The van der Waals surface area contributed by atoms with E-state index in [1.54, 1.807) is 31.2 Å². The van der Waals surface area contributed by atoms with E-state index in [1.807, 2.05) is 0 Å². The van der Waals surface area contributed by atoms with Gasteiger partial charge in [0.25, 0.3) is 0 Å². The highest BCUT2D eigenvalue weighted by Gasteiger charge is 2.22. The van der Waals surface area contributed by atoms with Crippen LogP contribution in [-0.2, 0) is 10.0 Å². The Kier molecular flexibility index (Phi) is 4.51. The van der Waals surface area contributed by atoms with Gasteiger partial charge in [0.05, 0.1) is 5.69 Å². The van der Waals surface area contributed by atoms with E-state index in [9.17, 15) is 12.8 Å². The molecule has 0 fully saturated rings. The Morgan fingerprint density at radius 3 is 2.43 bits per heavy atom. The van der Waals surface area contributed by atoms with E-state index in [1.165, 1.54) is 12.1 Å². The van der Waals surface area contributed by atoms with Crippen LogP contribution in [0, 0.1) is 5.82 Å². The van der Waals surface area contributed by atoms with Crippen LogP contribution in [0.15, 0.2) is 47.4 Å². The monoisotopic (exact) mass is 328 g/mol. The van der Waals surface area contributed by atoms with Gasteiger partial charge in [0.15, 0.2) is 0 Å². The summed E-state index contributed by atoms with van der Waals surface area (Å²) in [6, 6.07) is 9.92. The maximum atomic E-state index is 13.4. The number of rotatable bonds is 4. The summed E-state index contributed by atoms with van der Waals surface area (Å²) in [5, 5.41) is 0.559. The fraction of sp³-hybridized carbons (Fsp3) is 0.143. The van der Waals surface area contributed by atoms with Crippen molar-refractivity contribution in [3.05, 3.63) is 58.9 Å². The Balaban J connectivity index is 2.29. The molecule has 2 aromatic rings. The van der Waals surface area contributed by atoms with Gasteiger partial charge in [0.2, 0.25) is 10.0 Å². The van der Waals surface area contributed by atoms with Crippen molar-refractivity contribution < 1.29 is 12.8 Å². The SMILES string of the molecule is CC(NS(=O)(=O)c1cccc(F)c1N)c1ccc(Cl)cc1. The number of halogens is 2. The van der Waals surface area contributed by atoms with Crippen LogP contribution in [-0.4, -0.2) is 8.42 Å². The zero-order chi connectivity index (χ0) is 15.6. The van der Waals surface area contributed by atoms with Crippen molar-refractivity contribution in [2.75, 3.05) is 5.73 Å². The summed E-state index contributed by atoms with van der Waals surface area (Å²) in [5.41, 5.74) is 5.83. The molecule has 2 rings (SSSR count). The van der Waals surface area contributed by atoms with Gasteiger partial charge in [0, 0.05) is 11.1 Å². The van der Waals surface area contributed by atoms with Crippen molar-refractivity contribution in [3.8, 4) is 0 Å². The second kappa shape index (κ2) is 6.01.